The average Bonchev–Trinajstić information content (AvgIpc) is 2.50. The van der Waals surface area contributed by atoms with E-state index < -0.39 is 0 Å². The predicted octanol–water partition coefficient (Wildman–Crippen LogP) is 6.25. The molecule has 2 unspecified atom stereocenters. The summed E-state index contributed by atoms with van der Waals surface area (Å²) in [5.74, 6) is 1.67. The minimum Gasteiger partial charge on any atom is -0.458 e. The second kappa shape index (κ2) is 7.83. The highest BCUT2D eigenvalue weighted by atomic mass is 16.5. The molecular formula is C22H30O2. The van der Waals surface area contributed by atoms with Crippen LogP contribution < -0.4 is 0 Å². The molecule has 0 N–H and O–H groups in total. The Morgan fingerprint density at radius 2 is 1.46 bits per heavy atom. The minimum absolute atomic E-state index is 0.212. The standard InChI is InChI=1S/C22H30O2/c1-14(2)11-22(15(3)4)21-10-9-19-12-18(7-8-20(19)13-21)16(5)24-17(6)23/h7-10,12-16,22H,11H2,1-6H3. The van der Waals surface area contributed by atoms with E-state index in [-0.39, 0.29) is 12.1 Å². The van der Waals surface area contributed by atoms with Crippen molar-refractivity contribution in [3.63, 3.8) is 0 Å². The van der Waals surface area contributed by atoms with Crippen LogP contribution in [0.5, 0.6) is 0 Å². The van der Waals surface area contributed by atoms with Crippen molar-refractivity contribution in [1.29, 1.82) is 0 Å². The van der Waals surface area contributed by atoms with Crippen LogP contribution in [-0.4, -0.2) is 5.97 Å². The molecule has 2 aromatic rings. The molecule has 2 rings (SSSR count). The maximum absolute atomic E-state index is 11.1. The first-order valence-corrected chi connectivity index (χ1v) is 8.98. The summed E-state index contributed by atoms with van der Waals surface area (Å²) in [5, 5.41) is 2.45. The number of esters is 1. The van der Waals surface area contributed by atoms with Crippen LogP contribution in [0.4, 0.5) is 0 Å². The van der Waals surface area contributed by atoms with Gasteiger partial charge in [0.05, 0.1) is 0 Å². The van der Waals surface area contributed by atoms with Gasteiger partial charge < -0.3 is 4.74 Å². The lowest BCUT2D eigenvalue weighted by atomic mass is 9.81. The van der Waals surface area contributed by atoms with Crippen LogP contribution in [-0.2, 0) is 9.53 Å². The number of hydrogen-bond acceptors (Lipinski definition) is 2. The van der Waals surface area contributed by atoms with Crippen LogP contribution in [0.15, 0.2) is 36.4 Å². The highest BCUT2D eigenvalue weighted by Crippen LogP contribution is 2.33. The van der Waals surface area contributed by atoms with E-state index in [1.165, 1.54) is 29.7 Å². The molecule has 0 aromatic heterocycles. The molecule has 0 spiro atoms. The van der Waals surface area contributed by atoms with Crippen LogP contribution in [0.3, 0.4) is 0 Å². The molecule has 0 heterocycles. The molecule has 0 saturated heterocycles. The number of rotatable bonds is 6. The summed E-state index contributed by atoms with van der Waals surface area (Å²) in [4.78, 5) is 11.1. The third kappa shape index (κ3) is 4.59. The normalized spacial score (nSPS) is 14.2. The molecular weight excluding hydrogens is 296 g/mol. The Morgan fingerprint density at radius 3 is 1.96 bits per heavy atom. The fourth-order valence-corrected chi connectivity index (χ4v) is 3.38. The Kier molecular flexibility index (Phi) is 6.04. The van der Waals surface area contributed by atoms with E-state index >= 15 is 0 Å². The summed E-state index contributed by atoms with van der Waals surface area (Å²) in [6.07, 6.45) is 1.00. The lowest BCUT2D eigenvalue weighted by molar-refractivity contribution is -0.145. The Hall–Kier alpha value is -1.83. The lowest BCUT2D eigenvalue weighted by Crippen LogP contribution is -2.10. The summed E-state index contributed by atoms with van der Waals surface area (Å²) in [7, 11) is 0. The topological polar surface area (TPSA) is 26.3 Å². The maximum atomic E-state index is 11.1. The summed E-state index contributed by atoms with van der Waals surface area (Å²) in [5.41, 5.74) is 2.46. The van der Waals surface area contributed by atoms with Crippen LogP contribution in [0.2, 0.25) is 0 Å². The zero-order valence-electron chi connectivity index (χ0n) is 15.8. The number of fused-ring (bicyclic) bond motifs is 1. The van der Waals surface area contributed by atoms with Gasteiger partial charge in [-0.25, -0.2) is 0 Å². The van der Waals surface area contributed by atoms with Gasteiger partial charge in [-0.2, -0.15) is 0 Å². The van der Waals surface area contributed by atoms with Crippen molar-refractivity contribution < 1.29 is 9.53 Å². The van der Waals surface area contributed by atoms with E-state index in [1.54, 1.807) is 0 Å². The van der Waals surface area contributed by atoms with Gasteiger partial charge in [0.1, 0.15) is 6.10 Å². The van der Waals surface area contributed by atoms with E-state index in [0.717, 1.165) is 5.56 Å². The molecule has 2 atom stereocenters. The van der Waals surface area contributed by atoms with Gasteiger partial charge in [-0.1, -0.05) is 58.0 Å². The van der Waals surface area contributed by atoms with Crippen molar-refractivity contribution in [1.82, 2.24) is 0 Å². The number of carbonyl (C=O) groups excluding carboxylic acids is 1. The number of carbonyl (C=O) groups is 1. The quantitative estimate of drug-likeness (QED) is 0.586. The van der Waals surface area contributed by atoms with Crippen molar-refractivity contribution >= 4 is 16.7 Å². The minimum atomic E-state index is -0.244. The second-order valence-electron chi connectivity index (χ2n) is 7.60. The summed E-state index contributed by atoms with van der Waals surface area (Å²) < 4.78 is 5.28. The smallest absolute Gasteiger partial charge is 0.303 e. The predicted molar refractivity (Wildman–Crippen MR) is 101 cm³/mol. The molecule has 2 nitrogen and oxygen atoms in total. The van der Waals surface area contributed by atoms with Crippen molar-refractivity contribution in [3.8, 4) is 0 Å². The van der Waals surface area contributed by atoms with Gasteiger partial charge in [-0.05, 0) is 59.1 Å². The van der Waals surface area contributed by atoms with E-state index in [1.807, 2.05) is 6.92 Å². The zero-order valence-corrected chi connectivity index (χ0v) is 15.8. The zero-order chi connectivity index (χ0) is 17.9. The number of benzene rings is 2. The van der Waals surface area contributed by atoms with Gasteiger partial charge in [-0.15, -0.1) is 0 Å². The van der Waals surface area contributed by atoms with Crippen LogP contribution >= 0.6 is 0 Å². The van der Waals surface area contributed by atoms with Gasteiger partial charge in [-0.3, -0.25) is 4.79 Å². The molecule has 2 aromatic carbocycles. The highest BCUT2D eigenvalue weighted by molar-refractivity contribution is 5.84. The third-order valence-corrected chi connectivity index (χ3v) is 4.66. The van der Waals surface area contributed by atoms with E-state index in [4.69, 9.17) is 4.74 Å². The summed E-state index contributed by atoms with van der Waals surface area (Å²) >= 11 is 0. The Morgan fingerprint density at radius 1 is 0.917 bits per heavy atom. The largest absolute Gasteiger partial charge is 0.458 e. The monoisotopic (exact) mass is 326 g/mol. The van der Waals surface area contributed by atoms with Crippen molar-refractivity contribution in [2.75, 3.05) is 0 Å². The lowest BCUT2D eigenvalue weighted by Gasteiger charge is -2.24. The van der Waals surface area contributed by atoms with E-state index in [9.17, 15) is 4.79 Å². The molecule has 0 saturated carbocycles. The molecule has 0 radical (unpaired) electrons. The van der Waals surface area contributed by atoms with Gasteiger partial charge in [0.25, 0.3) is 0 Å². The molecule has 0 aliphatic heterocycles. The van der Waals surface area contributed by atoms with Gasteiger partial charge in [0, 0.05) is 6.92 Å². The van der Waals surface area contributed by atoms with Crippen LogP contribution in [0.25, 0.3) is 10.8 Å². The highest BCUT2D eigenvalue weighted by Gasteiger charge is 2.18. The average molecular weight is 326 g/mol. The summed E-state index contributed by atoms with van der Waals surface area (Å²) in [6, 6.07) is 13.1. The van der Waals surface area contributed by atoms with Crippen LogP contribution in [0, 0.1) is 11.8 Å². The van der Waals surface area contributed by atoms with Gasteiger partial charge >= 0.3 is 5.97 Å². The first kappa shape index (κ1) is 18.5. The van der Waals surface area contributed by atoms with Crippen molar-refractivity contribution in [3.05, 3.63) is 47.5 Å². The first-order chi connectivity index (χ1) is 11.3. The molecule has 0 fully saturated rings. The molecule has 0 aliphatic rings. The molecule has 0 aliphatic carbocycles. The Bertz CT molecular complexity index is 700. The molecule has 24 heavy (non-hydrogen) atoms. The molecule has 130 valence electrons. The fraction of sp³-hybridized carbons (Fsp3) is 0.500. The van der Waals surface area contributed by atoms with Gasteiger partial charge in [0.15, 0.2) is 0 Å². The van der Waals surface area contributed by atoms with E-state index in [0.29, 0.717) is 17.8 Å². The maximum Gasteiger partial charge on any atom is 0.303 e. The van der Waals surface area contributed by atoms with Gasteiger partial charge in [0.2, 0.25) is 0 Å². The van der Waals surface area contributed by atoms with Crippen LogP contribution in [0.1, 0.15) is 71.1 Å². The summed E-state index contributed by atoms with van der Waals surface area (Å²) in [6.45, 7) is 12.6. The SMILES string of the molecule is CC(=O)OC(C)c1ccc2cc(C(CC(C)C)C(C)C)ccc2c1. The second-order valence-corrected chi connectivity index (χ2v) is 7.60. The molecule has 0 amide bonds. The number of hydrogen-bond donors (Lipinski definition) is 0. The number of ether oxygens (including phenoxy) is 1. The fourth-order valence-electron chi connectivity index (χ4n) is 3.38. The Labute approximate surface area is 146 Å². The van der Waals surface area contributed by atoms with Crippen molar-refractivity contribution in [2.24, 2.45) is 11.8 Å². The van der Waals surface area contributed by atoms with Crippen molar-refractivity contribution in [2.45, 2.75) is 60.0 Å². The third-order valence-electron chi connectivity index (χ3n) is 4.66. The molecule has 0 bridgehead atoms. The first-order valence-electron chi connectivity index (χ1n) is 8.98. The Balaban J connectivity index is 2.33. The van der Waals surface area contributed by atoms with E-state index in [2.05, 4.69) is 64.1 Å². The molecule has 2 heteroatoms.